The van der Waals surface area contributed by atoms with Crippen molar-refractivity contribution in [3.63, 3.8) is 0 Å². The lowest BCUT2D eigenvalue weighted by molar-refractivity contribution is -0.145. The number of nitrogens with one attached hydrogen (secondary N) is 2. The largest absolute Gasteiger partial charge is 0.481 e. The highest BCUT2D eigenvalue weighted by Crippen LogP contribution is 2.29. The number of benzene rings is 2. The van der Waals surface area contributed by atoms with E-state index in [1.54, 1.807) is 0 Å². The predicted molar refractivity (Wildman–Crippen MR) is 123 cm³/mol. The Bertz CT molecular complexity index is 1030. The zero-order valence-corrected chi connectivity index (χ0v) is 18.3. The molecule has 1 unspecified atom stereocenters. The molecule has 2 heterocycles. The topological polar surface area (TPSA) is 117 Å². The summed E-state index contributed by atoms with van der Waals surface area (Å²) in [6.45, 7) is 1.15. The summed E-state index contributed by atoms with van der Waals surface area (Å²) < 4.78 is 5.41. The number of hydrogen-bond acceptors (Lipinski definition) is 5. The third kappa shape index (κ3) is 6.04. The van der Waals surface area contributed by atoms with Crippen LogP contribution in [0.3, 0.4) is 0 Å². The molecule has 8 heteroatoms. The zero-order valence-electron chi connectivity index (χ0n) is 18.3. The summed E-state index contributed by atoms with van der Waals surface area (Å²) in [6.07, 6.45) is 3.65. The van der Waals surface area contributed by atoms with Crippen molar-refractivity contribution >= 4 is 11.9 Å². The summed E-state index contributed by atoms with van der Waals surface area (Å²) in [6, 6.07) is 17.9. The van der Waals surface area contributed by atoms with Crippen LogP contribution in [0.2, 0.25) is 0 Å². The first-order valence-corrected chi connectivity index (χ1v) is 11.2. The van der Waals surface area contributed by atoms with Crippen molar-refractivity contribution in [2.75, 3.05) is 13.2 Å². The minimum Gasteiger partial charge on any atom is -0.481 e. The summed E-state index contributed by atoms with van der Waals surface area (Å²) in [5.74, 6) is -1.70. The number of H-pyrrole nitrogens is 1. The van der Waals surface area contributed by atoms with E-state index in [9.17, 15) is 14.7 Å². The quantitative estimate of drug-likeness (QED) is 0.462. The Labute approximate surface area is 192 Å². The average Bonchev–Trinajstić information content (AvgIpc) is 3.39. The van der Waals surface area contributed by atoms with Crippen LogP contribution in [0.4, 0.5) is 0 Å². The zero-order chi connectivity index (χ0) is 23.0. The van der Waals surface area contributed by atoms with E-state index in [1.165, 1.54) is 6.20 Å². The molecule has 8 nitrogen and oxygen atoms in total. The first-order valence-electron chi connectivity index (χ1n) is 11.2. The fraction of sp³-hybridized carbons (Fsp3) is 0.360. The number of carbonyl (C=O) groups excluding carboxylic acids is 1. The Morgan fingerprint density at radius 3 is 2.39 bits per heavy atom. The van der Waals surface area contributed by atoms with E-state index in [0.29, 0.717) is 38.9 Å². The molecule has 1 saturated heterocycles. The lowest BCUT2D eigenvalue weighted by Crippen LogP contribution is -2.41. The third-order valence-electron chi connectivity index (χ3n) is 6.23. The summed E-state index contributed by atoms with van der Waals surface area (Å²) in [4.78, 5) is 24.8. The second kappa shape index (κ2) is 10.9. The molecule has 2 atom stereocenters. The SMILES string of the molecule is O=C(N[C@H](Cc1ccc(-c2ccccc2)cc1)CC(C(=O)O)C1CCOCC1)c1cnn[nH]1. The fourth-order valence-corrected chi connectivity index (χ4v) is 4.43. The van der Waals surface area contributed by atoms with Crippen molar-refractivity contribution in [1.82, 2.24) is 20.7 Å². The summed E-state index contributed by atoms with van der Waals surface area (Å²) in [5, 5.41) is 22.8. The Balaban J connectivity index is 1.51. The number of aromatic nitrogens is 3. The van der Waals surface area contributed by atoms with E-state index in [-0.39, 0.29) is 23.6 Å². The number of rotatable bonds is 9. The molecule has 1 aromatic heterocycles. The normalized spacial score (nSPS) is 16.1. The predicted octanol–water partition coefficient (Wildman–Crippen LogP) is 3.33. The van der Waals surface area contributed by atoms with Gasteiger partial charge in [-0.05, 0) is 48.3 Å². The highest BCUT2D eigenvalue weighted by atomic mass is 16.5. The lowest BCUT2D eigenvalue weighted by atomic mass is 9.81. The maximum absolute atomic E-state index is 12.7. The van der Waals surface area contributed by atoms with Gasteiger partial charge in [-0.3, -0.25) is 14.7 Å². The number of aromatic amines is 1. The molecule has 4 rings (SSSR count). The van der Waals surface area contributed by atoms with Gasteiger partial charge in [-0.2, -0.15) is 0 Å². The second-order valence-corrected chi connectivity index (χ2v) is 8.44. The molecule has 33 heavy (non-hydrogen) atoms. The number of carboxylic acid groups (broad SMARTS) is 1. The smallest absolute Gasteiger partial charge is 0.306 e. The number of ether oxygens (including phenoxy) is 1. The molecule has 1 fully saturated rings. The van der Waals surface area contributed by atoms with Crippen LogP contribution in [0.1, 0.15) is 35.3 Å². The van der Waals surface area contributed by atoms with Crippen molar-refractivity contribution in [1.29, 1.82) is 0 Å². The molecule has 0 radical (unpaired) electrons. The fourth-order valence-electron chi connectivity index (χ4n) is 4.43. The molecule has 1 amide bonds. The maximum Gasteiger partial charge on any atom is 0.306 e. The van der Waals surface area contributed by atoms with Gasteiger partial charge in [-0.1, -0.05) is 59.8 Å². The van der Waals surface area contributed by atoms with Crippen LogP contribution >= 0.6 is 0 Å². The van der Waals surface area contributed by atoms with Crippen LogP contribution in [0, 0.1) is 11.8 Å². The van der Waals surface area contributed by atoms with Crippen LogP contribution in [-0.4, -0.2) is 51.6 Å². The Morgan fingerprint density at radius 1 is 1.06 bits per heavy atom. The maximum atomic E-state index is 12.7. The molecule has 0 saturated carbocycles. The van der Waals surface area contributed by atoms with E-state index in [2.05, 4.69) is 45.0 Å². The molecule has 3 aromatic rings. The van der Waals surface area contributed by atoms with Gasteiger partial charge in [0.2, 0.25) is 0 Å². The Morgan fingerprint density at radius 2 is 1.76 bits per heavy atom. The monoisotopic (exact) mass is 448 g/mol. The molecule has 0 aliphatic carbocycles. The van der Waals surface area contributed by atoms with Gasteiger partial charge in [-0.15, -0.1) is 5.10 Å². The van der Waals surface area contributed by atoms with Crippen molar-refractivity contribution in [3.05, 3.63) is 72.1 Å². The van der Waals surface area contributed by atoms with Crippen molar-refractivity contribution in [3.8, 4) is 11.1 Å². The van der Waals surface area contributed by atoms with E-state index in [1.807, 2.05) is 30.3 Å². The number of aliphatic carboxylic acids is 1. The van der Waals surface area contributed by atoms with Gasteiger partial charge < -0.3 is 15.2 Å². The van der Waals surface area contributed by atoms with Gasteiger partial charge in [0.05, 0.1) is 12.1 Å². The van der Waals surface area contributed by atoms with Crippen molar-refractivity contribution in [2.24, 2.45) is 11.8 Å². The van der Waals surface area contributed by atoms with Crippen molar-refractivity contribution < 1.29 is 19.4 Å². The molecule has 1 aliphatic heterocycles. The van der Waals surface area contributed by atoms with Crippen LogP contribution < -0.4 is 5.32 Å². The van der Waals surface area contributed by atoms with E-state index in [0.717, 1.165) is 16.7 Å². The van der Waals surface area contributed by atoms with Gasteiger partial charge >= 0.3 is 5.97 Å². The molecule has 2 aromatic carbocycles. The lowest BCUT2D eigenvalue weighted by Gasteiger charge is -2.30. The van der Waals surface area contributed by atoms with Gasteiger partial charge in [0, 0.05) is 19.3 Å². The molecule has 1 aliphatic rings. The van der Waals surface area contributed by atoms with E-state index >= 15 is 0 Å². The van der Waals surface area contributed by atoms with Crippen LogP contribution in [0.5, 0.6) is 0 Å². The summed E-state index contributed by atoms with van der Waals surface area (Å²) >= 11 is 0. The molecular formula is C25H28N4O4. The number of carboxylic acids is 1. The van der Waals surface area contributed by atoms with Crippen molar-refractivity contribution in [2.45, 2.75) is 31.7 Å². The Kier molecular flexibility index (Phi) is 7.47. The highest BCUT2D eigenvalue weighted by Gasteiger charge is 2.32. The summed E-state index contributed by atoms with van der Waals surface area (Å²) in [7, 11) is 0. The highest BCUT2D eigenvalue weighted by molar-refractivity contribution is 5.92. The molecular weight excluding hydrogens is 420 g/mol. The second-order valence-electron chi connectivity index (χ2n) is 8.44. The van der Waals surface area contributed by atoms with E-state index in [4.69, 9.17) is 4.74 Å². The number of carbonyl (C=O) groups is 2. The van der Waals surface area contributed by atoms with Crippen LogP contribution in [0.15, 0.2) is 60.8 Å². The third-order valence-corrected chi connectivity index (χ3v) is 6.23. The minimum absolute atomic E-state index is 0.0323. The van der Waals surface area contributed by atoms with Gasteiger partial charge in [-0.25, -0.2) is 0 Å². The molecule has 3 N–H and O–H groups in total. The standard InChI is InChI=1S/C25H28N4O4/c30-24(23-16-26-29-28-23)27-21(15-22(25(31)32)20-10-12-33-13-11-20)14-17-6-8-19(9-7-17)18-4-2-1-3-5-18/h1-9,16,20-22H,10-15H2,(H,27,30)(H,31,32)(H,26,28,29)/t21-,22?/m1/s1. The first kappa shape index (κ1) is 22.7. The number of amides is 1. The average molecular weight is 449 g/mol. The molecule has 0 bridgehead atoms. The van der Waals surface area contributed by atoms with Crippen LogP contribution in [-0.2, 0) is 16.0 Å². The first-order chi connectivity index (χ1) is 16.1. The molecule has 172 valence electrons. The minimum atomic E-state index is -0.830. The number of nitrogens with zero attached hydrogens (tertiary/aromatic N) is 2. The van der Waals surface area contributed by atoms with Gasteiger partial charge in [0.15, 0.2) is 0 Å². The van der Waals surface area contributed by atoms with Gasteiger partial charge in [0.25, 0.3) is 5.91 Å². The molecule has 0 spiro atoms. The van der Waals surface area contributed by atoms with Crippen LogP contribution in [0.25, 0.3) is 11.1 Å². The van der Waals surface area contributed by atoms with Gasteiger partial charge in [0.1, 0.15) is 5.69 Å². The summed E-state index contributed by atoms with van der Waals surface area (Å²) in [5.41, 5.74) is 3.51. The number of hydrogen-bond donors (Lipinski definition) is 3. The Hall–Kier alpha value is -3.52. The van der Waals surface area contributed by atoms with E-state index < -0.39 is 11.9 Å².